The van der Waals surface area contributed by atoms with E-state index < -0.39 is 0 Å². The van der Waals surface area contributed by atoms with Crippen molar-refractivity contribution in [3.63, 3.8) is 0 Å². The summed E-state index contributed by atoms with van der Waals surface area (Å²) in [4.78, 5) is 26.4. The van der Waals surface area contributed by atoms with E-state index in [0.29, 0.717) is 11.6 Å². The van der Waals surface area contributed by atoms with E-state index >= 15 is 0 Å². The summed E-state index contributed by atoms with van der Waals surface area (Å²) in [6, 6.07) is 1.58. The maximum Gasteiger partial charge on any atom is 0.328 e. The molecule has 2 rings (SSSR count). The van der Waals surface area contributed by atoms with Crippen molar-refractivity contribution in [2.45, 2.75) is 45.6 Å². The number of H-pyrrole nitrogens is 1. The SMILES string of the molecule is Cc1cc(=O)n(C2CCCCC2C)c(=O)[nH]1. The molecule has 1 aromatic heterocycles. The molecule has 0 bridgehead atoms. The number of rotatable bonds is 1. The van der Waals surface area contributed by atoms with Gasteiger partial charge in [0.1, 0.15) is 0 Å². The molecule has 4 heteroatoms. The summed E-state index contributed by atoms with van der Waals surface area (Å²) in [5, 5.41) is 0. The van der Waals surface area contributed by atoms with Crippen LogP contribution in [0.25, 0.3) is 0 Å². The van der Waals surface area contributed by atoms with Crippen LogP contribution in [0.2, 0.25) is 0 Å². The van der Waals surface area contributed by atoms with Crippen molar-refractivity contribution in [3.8, 4) is 0 Å². The molecule has 88 valence electrons. The average Bonchev–Trinajstić information content (AvgIpc) is 2.19. The van der Waals surface area contributed by atoms with E-state index in [4.69, 9.17) is 0 Å². The second-order valence-electron chi connectivity index (χ2n) is 4.79. The normalized spacial score (nSPS) is 25.6. The van der Waals surface area contributed by atoms with Crippen LogP contribution in [0, 0.1) is 12.8 Å². The quantitative estimate of drug-likeness (QED) is 0.784. The van der Waals surface area contributed by atoms with Crippen molar-refractivity contribution < 1.29 is 0 Å². The predicted molar refractivity (Wildman–Crippen MR) is 62.7 cm³/mol. The summed E-state index contributed by atoms with van der Waals surface area (Å²) >= 11 is 0. The van der Waals surface area contributed by atoms with Gasteiger partial charge in [0.25, 0.3) is 5.56 Å². The standard InChI is InChI=1S/C12H18N2O2/c1-8-5-3-4-6-10(8)14-11(15)7-9(2)13-12(14)16/h7-8,10H,3-6H2,1-2H3,(H,13,16). The number of nitrogens with zero attached hydrogens (tertiary/aromatic N) is 1. The number of hydrogen-bond acceptors (Lipinski definition) is 2. The first-order valence-electron chi connectivity index (χ1n) is 5.92. The zero-order chi connectivity index (χ0) is 11.7. The van der Waals surface area contributed by atoms with Crippen molar-refractivity contribution in [1.29, 1.82) is 0 Å². The summed E-state index contributed by atoms with van der Waals surface area (Å²) in [7, 11) is 0. The first kappa shape index (κ1) is 11.2. The lowest BCUT2D eigenvalue weighted by molar-refractivity contribution is 0.245. The highest BCUT2D eigenvalue weighted by Crippen LogP contribution is 2.31. The molecular formula is C12H18N2O2. The first-order chi connectivity index (χ1) is 7.59. The minimum absolute atomic E-state index is 0.0746. The molecule has 0 radical (unpaired) electrons. The molecule has 1 fully saturated rings. The Morgan fingerprint density at radius 2 is 2.00 bits per heavy atom. The minimum atomic E-state index is -0.260. The summed E-state index contributed by atoms with van der Waals surface area (Å²) in [5.41, 5.74) is 0.207. The fourth-order valence-corrected chi connectivity index (χ4v) is 2.61. The third-order valence-corrected chi connectivity index (χ3v) is 3.50. The smallest absolute Gasteiger partial charge is 0.311 e. The maximum atomic E-state index is 11.8. The lowest BCUT2D eigenvalue weighted by Gasteiger charge is -2.29. The molecule has 2 unspecified atom stereocenters. The van der Waals surface area contributed by atoms with Crippen LogP contribution in [0.15, 0.2) is 15.7 Å². The molecular weight excluding hydrogens is 204 g/mol. The van der Waals surface area contributed by atoms with E-state index in [9.17, 15) is 9.59 Å². The van der Waals surface area contributed by atoms with E-state index in [0.717, 1.165) is 19.3 Å². The lowest BCUT2D eigenvalue weighted by atomic mass is 9.86. The number of hydrogen-bond donors (Lipinski definition) is 1. The molecule has 1 aromatic rings. The Balaban J connectivity index is 2.47. The van der Waals surface area contributed by atoms with Crippen LogP contribution in [0.1, 0.15) is 44.3 Å². The van der Waals surface area contributed by atoms with Gasteiger partial charge in [-0.1, -0.05) is 19.8 Å². The van der Waals surface area contributed by atoms with Crippen LogP contribution in [0.5, 0.6) is 0 Å². The molecule has 0 amide bonds. The number of aromatic nitrogens is 2. The summed E-state index contributed by atoms with van der Waals surface area (Å²) in [5.74, 6) is 0.412. The Labute approximate surface area is 94.3 Å². The predicted octanol–water partition coefficient (Wildman–Crippen LogP) is 1.60. The van der Waals surface area contributed by atoms with Gasteiger partial charge in [-0.05, 0) is 25.7 Å². The largest absolute Gasteiger partial charge is 0.328 e. The van der Waals surface area contributed by atoms with Gasteiger partial charge in [-0.2, -0.15) is 0 Å². The van der Waals surface area contributed by atoms with Crippen molar-refractivity contribution in [1.82, 2.24) is 9.55 Å². The zero-order valence-electron chi connectivity index (χ0n) is 9.82. The zero-order valence-corrected chi connectivity index (χ0v) is 9.82. The first-order valence-corrected chi connectivity index (χ1v) is 5.92. The molecule has 2 atom stereocenters. The van der Waals surface area contributed by atoms with Gasteiger partial charge in [-0.15, -0.1) is 0 Å². The topological polar surface area (TPSA) is 54.9 Å². The molecule has 0 saturated heterocycles. The Morgan fingerprint density at radius 3 is 2.62 bits per heavy atom. The summed E-state index contributed by atoms with van der Waals surface area (Å²) < 4.78 is 1.40. The molecule has 0 spiro atoms. The van der Waals surface area contributed by atoms with Crippen molar-refractivity contribution >= 4 is 0 Å². The number of aryl methyl sites for hydroxylation is 1. The van der Waals surface area contributed by atoms with Gasteiger partial charge in [0, 0.05) is 17.8 Å². The van der Waals surface area contributed by atoms with E-state index in [1.807, 2.05) is 0 Å². The van der Waals surface area contributed by atoms with Gasteiger partial charge < -0.3 is 4.98 Å². The van der Waals surface area contributed by atoms with E-state index in [1.54, 1.807) is 6.92 Å². The molecule has 1 heterocycles. The van der Waals surface area contributed by atoms with Crippen LogP contribution in [0.4, 0.5) is 0 Å². The van der Waals surface area contributed by atoms with Crippen LogP contribution >= 0.6 is 0 Å². The van der Waals surface area contributed by atoms with Gasteiger partial charge in [0.05, 0.1) is 0 Å². The Kier molecular flexibility index (Phi) is 2.99. The van der Waals surface area contributed by atoms with Crippen LogP contribution < -0.4 is 11.2 Å². The van der Waals surface area contributed by atoms with Gasteiger partial charge in [-0.25, -0.2) is 4.79 Å². The average molecular weight is 222 g/mol. The highest BCUT2D eigenvalue weighted by atomic mass is 16.2. The second kappa shape index (κ2) is 4.28. The van der Waals surface area contributed by atoms with Crippen molar-refractivity contribution in [3.05, 3.63) is 32.6 Å². The molecule has 0 aliphatic heterocycles. The third-order valence-electron chi connectivity index (χ3n) is 3.50. The van der Waals surface area contributed by atoms with Crippen molar-refractivity contribution in [2.75, 3.05) is 0 Å². The molecule has 4 nitrogen and oxygen atoms in total. The fraction of sp³-hybridized carbons (Fsp3) is 0.667. The molecule has 16 heavy (non-hydrogen) atoms. The van der Waals surface area contributed by atoms with Gasteiger partial charge in [-0.3, -0.25) is 9.36 Å². The van der Waals surface area contributed by atoms with Crippen LogP contribution in [0.3, 0.4) is 0 Å². The maximum absolute atomic E-state index is 11.8. The van der Waals surface area contributed by atoms with Crippen molar-refractivity contribution in [2.24, 2.45) is 5.92 Å². The Hall–Kier alpha value is -1.32. The molecule has 0 aromatic carbocycles. The van der Waals surface area contributed by atoms with E-state index in [1.165, 1.54) is 17.1 Å². The van der Waals surface area contributed by atoms with Gasteiger partial charge in [0.2, 0.25) is 0 Å². The fourth-order valence-electron chi connectivity index (χ4n) is 2.61. The van der Waals surface area contributed by atoms with E-state index in [2.05, 4.69) is 11.9 Å². The highest BCUT2D eigenvalue weighted by molar-refractivity contribution is 4.98. The van der Waals surface area contributed by atoms with Crippen LogP contribution in [-0.4, -0.2) is 9.55 Å². The van der Waals surface area contributed by atoms with Gasteiger partial charge >= 0.3 is 5.69 Å². The summed E-state index contributed by atoms with van der Waals surface area (Å²) in [6.45, 7) is 3.85. The van der Waals surface area contributed by atoms with Gasteiger partial charge in [0.15, 0.2) is 0 Å². The number of nitrogens with one attached hydrogen (secondary N) is 1. The second-order valence-corrected chi connectivity index (χ2v) is 4.79. The molecule has 1 aliphatic carbocycles. The summed E-state index contributed by atoms with van der Waals surface area (Å²) in [6.07, 6.45) is 4.35. The van der Waals surface area contributed by atoms with Crippen LogP contribution in [-0.2, 0) is 0 Å². The molecule has 1 aliphatic rings. The Bertz CT molecular complexity index is 455. The monoisotopic (exact) mass is 222 g/mol. The third kappa shape index (κ3) is 1.96. The minimum Gasteiger partial charge on any atom is -0.311 e. The number of aromatic amines is 1. The van der Waals surface area contributed by atoms with E-state index in [-0.39, 0.29) is 17.3 Å². The highest BCUT2D eigenvalue weighted by Gasteiger charge is 2.25. The Morgan fingerprint density at radius 1 is 1.31 bits per heavy atom. The molecule has 1 saturated carbocycles. The lowest BCUT2D eigenvalue weighted by Crippen LogP contribution is -2.41. The molecule has 1 N–H and O–H groups in total.